The first-order chi connectivity index (χ1) is 19.6. The molecule has 0 nitrogen and oxygen atoms in total. The van der Waals surface area contributed by atoms with Crippen molar-refractivity contribution in [3.63, 3.8) is 0 Å². The third-order valence-corrected chi connectivity index (χ3v) is 28.6. The molecule has 0 aromatic heterocycles. The summed E-state index contributed by atoms with van der Waals surface area (Å²) in [6, 6.07) is 0. The lowest BCUT2D eigenvalue weighted by Crippen LogP contribution is -1.93. The Hall–Kier alpha value is 3.26. The summed E-state index contributed by atoms with van der Waals surface area (Å²) in [5, 5.41) is 0. The van der Waals surface area contributed by atoms with Gasteiger partial charge in [0.2, 0.25) is 0 Å². The van der Waals surface area contributed by atoms with Crippen LogP contribution in [0.3, 0.4) is 0 Å². The number of thioether (sulfide) groups is 16. The van der Waals surface area contributed by atoms with Crippen LogP contribution in [0, 0.1) is 0 Å². The van der Waals surface area contributed by atoms with Crippen LogP contribution >= 0.6 is 188 Å². The highest BCUT2D eigenvalue weighted by atomic mass is 32.3. The molecule has 0 amide bonds. The topological polar surface area (TPSA) is 0 Å². The van der Waals surface area contributed by atoms with Gasteiger partial charge in [-0.05, 0) is 49.0 Å². The van der Waals surface area contributed by atoms with Gasteiger partial charge in [0, 0.05) is 0 Å². The molecule has 0 atom stereocenters. The lowest BCUT2D eigenvalue weighted by Gasteiger charge is -2.15. The fourth-order valence-electron chi connectivity index (χ4n) is 3.79. The van der Waals surface area contributed by atoms with Crippen molar-refractivity contribution in [2.75, 3.05) is 25.0 Å². The summed E-state index contributed by atoms with van der Waals surface area (Å²) in [5.41, 5.74) is 3.03. The standard InChI is InChI=1S/C24H18S16/c1-25-13-14(26-2)30-11(29-13)9-5-7-10(8-6-9)12-31-17-18(32-12)36-21(35-17)22-39-23-24(40-22)38-20(37-23)19-33-15(27-3)16(28-4)34-19/h5,7H,6,8H2,1-4H3. The number of hydrogen-bond donors (Lipinski definition) is 0. The number of allylic oxidation sites excluding steroid dienone is 4. The zero-order valence-corrected chi connectivity index (χ0v) is 34.2. The third-order valence-electron chi connectivity index (χ3n) is 5.64. The van der Waals surface area contributed by atoms with E-state index in [1.54, 1.807) is 0 Å². The van der Waals surface area contributed by atoms with Crippen molar-refractivity contribution in [1.29, 1.82) is 0 Å². The predicted molar refractivity (Wildman–Crippen MR) is 220 cm³/mol. The minimum atomic E-state index is 1.15. The molecule has 1 aliphatic carbocycles. The summed E-state index contributed by atoms with van der Waals surface area (Å²) in [5.74, 6) is 0. The number of hydrogen-bond acceptors (Lipinski definition) is 16. The van der Waals surface area contributed by atoms with Crippen LogP contribution in [0.2, 0.25) is 0 Å². The van der Waals surface area contributed by atoms with Crippen LogP contribution < -0.4 is 0 Å². The predicted octanol–water partition coefficient (Wildman–Crippen LogP) is 14.9. The summed E-state index contributed by atoms with van der Waals surface area (Å²) >= 11 is 31.4. The van der Waals surface area contributed by atoms with Gasteiger partial charge < -0.3 is 0 Å². The lowest BCUT2D eigenvalue weighted by molar-refractivity contribution is 0.949. The maximum atomic E-state index is 2.40. The van der Waals surface area contributed by atoms with E-state index in [0.29, 0.717) is 0 Å². The van der Waals surface area contributed by atoms with Crippen molar-refractivity contribution in [3.05, 3.63) is 82.6 Å². The molecule has 0 fully saturated rings. The van der Waals surface area contributed by atoms with E-state index in [0.717, 1.165) is 12.8 Å². The fraction of sp³-hybridized carbons (Fsp3) is 0.250. The smallest absolute Gasteiger partial charge is 0.0718 e. The molecule has 6 heterocycles. The Bertz CT molecular complexity index is 1400. The van der Waals surface area contributed by atoms with E-state index >= 15 is 0 Å². The van der Waals surface area contributed by atoms with Gasteiger partial charge in [0.1, 0.15) is 0 Å². The van der Waals surface area contributed by atoms with Crippen molar-refractivity contribution in [2.45, 2.75) is 12.8 Å². The van der Waals surface area contributed by atoms with E-state index in [9.17, 15) is 0 Å². The SMILES string of the molecule is CSC1=C(SC)SC(=C2C=CC(=C3SC4=C(S3)SC(=C3SC5=C(SC(=C6SC(SC)=C(SC)S6)S5)S3)S4)CC2)S1. The molecule has 0 aromatic rings. The Morgan fingerprint density at radius 1 is 0.350 bits per heavy atom. The first-order valence-electron chi connectivity index (χ1n) is 11.5. The second-order valence-corrected chi connectivity index (χ2v) is 27.1. The van der Waals surface area contributed by atoms with Gasteiger partial charge in [-0.2, -0.15) is 0 Å². The summed E-state index contributed by atoms with van der Waals surface area (Å²) in [6.07, 6.45) is 15.9. The van der Waals surface area contributed by atoms with Gasteiger partial charge >= 0.3 is 0 Å². The Morgan fingerprint density at radius 3 is 0.850 bits per heavy atom. The maximum absolute atomic E-state index is 2.40. The Kier molecular flexibility index (Phi) is 11.3. The van der Waals surface area contributed by atoms with E-state index < -0.39 is 0 Å². The zero-order chi connectivity index (χ0) is 27.4. The summed E-state index contributed by atoms with van der Waals surface area (Å²) in [4.78, 5) is 0. The highest BCUT2D eigenvalue weighted by molar-refractivity contribution is 8.52. The molecule has 7 rings (SSSR count). The molecule has 0 unspecified atom stereocenters. The van der Waals surface area contributed by atoms with E-state index in [4.69, 9.17) is 0 Å². The summed E-state index contributed by atoms with van der Waals surface area (Å²) < 4.78 is 20.7. The van der Waals surface area contributed by atoms with Crippen molar-refractivity contribution >= 4 is 188 Å². The largest absolute Gasteiger partial charge is 0.121 e. The quantitative estimate of drug-likeness (QED) is 0.264. The van der Waals surface area contributed by atoms with E-state index in [-0.39, 0.29) is 0 Å². The molecule has 0 aromatic carbocycles. The van der Waals surface area contributed by atoms with Crippen molar-refractivity contribution in [2.24, 2.45) is 0 Å². The number of rotatable bonds is 4. The van der Waals surface area contributed by atoms with Crippen molar-refractivity contribution in [1.82, 2.24) is 0 Å². The molecular formula is C24H18S16. The molecule has 16 heteroatoms. The molecular weight excluding hydrogens is 801 g/mol. The lowest BCUT2D eigenvalue weighted by atomic mass is 10.00. The van der Waals surface area contributed by atoms with Crippen LogP contribution in [-0.4, -0.2) is 25.0 Å². The summed E-state index contributed by atoms with van der Waals surface area (Å²) in [7, 11) is 0. The average Bonchev–Trinajstić information content (AvgIpc) is 3.80. The van der Waals surface area contributed by atoms with E-state index in [1.165, 1.54) is 70.5 Å². The van der Waals surface area contributed by atoms with Gasteiger partial charge in [0.15, 0.2) is 0 Å². The molecule has 0 radical (unpaired) electrons. The van der Waals surface area contributed by atoms with E-state index in [1.807, 2.05) is 188 Å². The Morgan fingerprint density at radius 2 is 0.575 bits per heavy atom. The van der Waals surface area contributed by atoms with Crippen molar-refractivity contribution in [3.8, 4) is 0 Å². The van der Waals surface area contributed by atoms with Gasteiger partial charge in [-0.1, -0.05) is 153 Å². The molecule has 210 valence electrons. The molecule has 0 saturated carbocycles. The molecule has 40 heavy (non-hydrogen) atoms. The maximum Gasteiger partial charge on any atom is 0.0718 e. The second kappa shape index (κ2) is 14.2. The van der Waals surface area contributed by atoms with E-state index in [2.05, 4.69) is 37.2 Å². The minimum Gasteiger partial charge on any atom is -0.121 e. The zero-order valence-electron chi connectivity index (χ0n) is 21.1. The van der Waals surface area contributed by atoms with Crippen LogP contribution in [0.4, 0.5) is 0 Å². The molecule has 0 N–H and O–H groups in total. The monoisotopic (exact) mass is 818 g/mol. The van der Waals surface area contributed by atoms with Crippen LogP contribution in [-0.2, 0) is 0 Å². The van der Waals surface area contributed by atoms with Crippen molar-refractivity contribution < 1.29 is 0 Å². The molecule has 0 bridgehead atoms. The van der Waals surface area contributed by atoms with Crippen LogP contribution in [0.5, 0.6) is 0 Å². The van der Waals surface area contributed by atoms with Gasteiger partial charge in [0.05, 0.1) is 59.3 Å². The Labute approximate surface area is 304 Å². The van der Waals surface area contributed by atoms with Crippen LogP contribution in [0.15, 0.2) is 82.6 Å². The van der Waals surface area contributed by atoms with Gasteiger partial charge in [-0.3, -0.25) is 0 Å². The van der Waals surface area contributed by atoms with Gasteiger partial charge in [-0.15, -0.1) is 47.0 Å². The second-order valence-electron chi connectivity index (χ2n) is 7.95. The molecule has 7 aliphatic rings. The molecule has 6 aliphatic heterocycles. The Balaban J connectivity index is 0.962. The average molecular weight is 819 g/mol. The van der Waals surface area contributed by atoms with Crippen LogP contribution in [0.1, 0.15) is 12.8 Å². The third kappa shape index (κ3) is 6.52. The summed E-state index contributed by atoms with van der Waals surface area (Å²) in [6.45, 7) is 0. The fourth-order valence-corrected chi connectivity index (χ4v) is 27.2. The van der Waals surface area contributed by atoms with Crippen LogP contribution in [0.25, 0.3) is 0 Å². The molecule has 0 saturated heterocycles. The first-order valence-corrected chi connectivity index (χ1v) is 26.2. The van der Waals surface area contributed by atoms with Gasteiger partial charge in [-0.25, -0.2) is 0 Å². The first kappa shape index (κ1) is 31.8. The van der Waals surface area contributed by atoms with Gasteiger partial charge in [0.25, 0.3) is 0 Å². The minimum absolute atomic E-state index is 1.15. The highest BCUT2D eigenvalue weighted by Gasteiger charge is 2.39. The highest BCUT2D eigenvalue weighted by Crippen LogP contribution is 2.75. The normalized spacial score (nSPS) is 25.1. The molecule has 0 spiro atoms.